The van der Waals surface area contributed by atoms with Crippen LogP contribution in [0.15, 0.2) is 47.0 Å². The number of rotatable bonds is 9. The lowest BCUT2D eigenvalue weighted by molar-refractivity contribution is 0.309. The minimum absolute atomic E-state index is 0.559. The highest BCUT2D eigenvalue weighted by molar-refractivity contribution is 5.75. The Morgan fingerprint density at radius 1 is 0.893 bits per heavy atom. The van der Waals surface area contributed by atoms with E-state index in [1.54, 1.807) is 27.4 Å². The van der Waals surface area contributed by atoms with Crippen molar-refractivity contribution >= 4 is 0 Å². The molecule has 0 unspecified atom stereocenters. The van der Waals surface area contributed by atoms with Gasteiger partial charge in [-0.1, -0.05) is 18.5 Å². The molecule has 0 aliphatic rings. The van der Waals surface area contributed by atoms with Gasteiger partial charge in [-0.2, -0.15) is 0 Å². The third kappa shape index (κ3) is 4.22. The van der Waals surface area contributed by atoms with Crippen molar-refractivity contribution in [1.82, 2.24) is 5.16 Å². The molecule has 0 saturated heterocycles. The second kappa shape index (κ2) is 9.17. The Hall–Kier alpha value is -3.15. The van der Waals surface area contributed by atoms with Gasteiger partial charge in [0, 0.05) is 17.7 Å². The molecule has 0 atom stereocenters. The molecule has 2 aromatic carbocycles. The van der Waals surface area contributed by atoms with Crippen molar-refractivity contribution in [3.05, 3.63) is 42.5 Å². The molecule has 0 fully saturated rings. The summed E-state index contributed by atoms with van der Waals surface area (Å²) in [6.45, 7) is 2.86. The van der Waals surface area contributed by atoms with Crippen LogP contribution < -0.4 is 18.9 Å². The average molecular weight is 383 g/mol. The molecule has 3 aromatic rings. The first-order valence-corrected chi connectivity index (χ1v) is 9.20. The van der Waals surface area contributed by atoms with Crippen molar-refractivity contribution in [1.29, 1.82) is 0 Å². The Labute approximate surface area is 165 Å². The Kier molecular flexibility index (Phi) is 6.42. The van der Waals surface area contributed by atoms with Gasteiger partial charge in [0.1, 0.15) is 17.2 Å². The van der Waals surface area contributed by atoms with E-state index in [0.717, 1.165) is 36.5 Å². The molecular weight excluding hydrogens is 358 g/mol. The van der Waals surface area contributed by atoms with Crippen LogP contribution in [0.4, 0.5) is 0 Å². The van der Waals surface area contributed by atoms with Gasteiger partial charge in [-0.3, -0.25) is 0 Å². The van der Waals surface area contributed by atoms with Crippen LogP contribution in [-0.2, 0) is 0 Å². The minimum atomic E-state index is 0.559. The smallest absolute Gasteiger partial charge is 0.172 e. The van der Waals surface area contributed by atoms with Crippen LogP contribution in [0, 0.1) is 0 Å². The minimum Gasteiger partial charge on any atom is -0.497 e. The maximum absolute atomic E-state index is 5.70. The molecule has 0 aliphatic heterocycles. The van der Waals surface area contributed by atoms with Gasteiger partial charge in [0.2, 0.25) is 0 Å². The van der Waals surface area contributed by atoms with Gasteiger partial charge in [-0.15, -0.1) is 0 Å². The molecule has 1 aromatic heterocycles. The summed E-state index contributed by atoms with van der Waals surface area (Å²) in [6.07, 6.45) is 2.15. The van der Waals surface area contributed by atoms with Crippen molar-refractivity contribution in [2.24, 2.45) is 0 Å². The fourth-order valence-electron chi connectivity index (χ4n) is 2.83. The van der Waals surface area contributed by atoms with Gasteiger partial charge < -0.3 is 23.5 Å². The van der Waals surface area contributed by atoms with Gasteiger partial charge >= 0.3 is 0 Å². The molecule has 148 valence electrons. The lowest BCUT2D eigenvalue weighted by Crippen LogP contribution is -1.95. The third-order valence-corrected chi connectivity index (χ3v) is 4.38. The van der Waals surface area contributed by atoms with Crippen LogP contribution in [0.1, 0.15) is 19.8 Å². The normalized spacial score (nSPS) is 10.6. The van der Waals surface area contributed by atoms with Crippen molar-refractivity contribution in [3.63, 3.8) is 0 Å². The zero-order chi connectivity index (χ0) is 19.9. The van der Waals surface area contributed by atoms with Crippen molar-refractivity contribution in [3.8, 4) is 45.6 Å². The molecule has 0 saturated carbocycles. The molecule has 6 heteroatoms. The maximum atomic E-state index is 5.70. The van der Waals surface area contributed by atoms with E-state index in [-0.39, 0.29) is 0 Å². The van der Waals surface area contributed by atoms with Gasteiger partial charge in [0.05, 0.1) is 33.5 Å². The molecule has 1 heterocycles. The zero-order valence-electron chi connectivity index (χ0n) is 16.7. The second-order valence-electron chi connectivity index (χ2n) is 6.21. The van der Waals surface area contributed by atoms with Crippen LogP contribution in [0.25, 0.3) is 22.6 Å². The van der Waals surface area contributed by atoms with E-state index < -0.39 is 0 Å². The van der Waals surface area contributed by atoms with Crippen LogP contribution in [0.3, 0.4) is 0 Å². The first-order valence-electron chi connectivity index (χ1n) is 9.20. The molecule has 28 heavy (non-hydrogen) atoms. The van der Waals surface area contributed by atoms with Crippen LogP contribution in [0.5, 0.6) is 23.0 Å². The number of aromatic nitrogens is 1. The van der Waals surface area contributed by atoms with Gasteiger partial charge in [0.25, 0.3) is 0 Å². The molecule has 0 amide bonds. The fourth-order valence-corrected chi connectivity index (χ4v) is 2.83. The predicted octanol–water partition coefficient (Wildman–Crippen LogP) is 5.21. The van der Waals surface area contributed by atoms with E-state index in [2.05, 4.69) is 12.1 Å². The zero-order valence-corrected chi connectivity index (χ0v) is 16.7. The van der Waals surface area contributed by atoms with E-state index in [1.165, 1.54) is 0 Å². The number of benzene rings is 2. The lowest BCUT2D eigenvalue weighted by Gasteiger charge is -2.12. The van der Waals surface area contributed by atoms with Crippen LogP contribution >= 0.6 is 0 Å². The summed E-state index contributed by atoms with van der Waals surface area (Å²) in [6, 6.07) is 13.3. The van der Waals surface area contributed by atoms with Gasteiger partial charge in [-0.05, 0) is 36.8 Å². The molecule has 0 bridgehead atoms. The Morgan fingerprint density at radius 3 is 2.32 bits per heavy atom. The molecular formula is C22H25NO5. The topological polar surface area (TPSA) is 63.0 Å². The maximum Gasteiger partial charge on any atom is 0.172 e. The molecule has 0 N–H and O–H groups in total. The number of unbranched alkanes of at least 4 members (excludes halogenated alkanes) is 1. The highest BCUT2D eigenvalue weighted by atomic mass is 16.5. The average Bonchev–Trinajstić information content (AvgIpc) is 3.23. The first-order chi connectivity index (χ1) is 13.7. The summed E-state index contributed by atoms with van der Waals surface area (Å²) in [5.74, 6) is 3.17. The first kappa shape index (κ1) is 19.6. The molecule has 0 spiro atoms. The fraction of sp³-hybridized carbons (Fsp3) is 0.318. The van der Waals surface area contributed by atoms with E-state index in [0.29, 0.717) is 28.6 Å². The number of hydrogen-bond donors (Lipinski definition) is 0. The van der Waals surface area contributed by atoms with E-state index in [4.69, 9.17) is 23.5 Å². The monoisotopic (exact) mass is 383 g/mol. The highest BCUT2D eigenvalue weighted by Crippen LogP contribution is 2.42. The Bertz CT molecular complexity index is 902. The summed E-state index contributed by atoms with van der Waals surface area (Å²) in [7, 11) is 4.76. The summed E-state index contributed by atoms with van der Waals surface area (Å²) in [5, 5.41) is 4.20. The standard InChI is InChI=1S/C22H25NO5/c1-5-6-11-27-16-9-7-15(8-10-16)19-14-20(28-23-19)18-12-17(24-2)13-21(25-3)22(18)26-4/h7-10,12-14H,5-6,11H2,1-4H3. The molecule has 6 nitrogen and oxygen atoms in total. The quantitative estimate of drug-likeness (QED) is 0.473. The van der Waals surface area contributed by atoms with E-state index >= 15 is 0 Å². The van der Waals surface area contributed by atoms with Crippen molar-refractivity contribution in [2.45, 2.75) is 19.8 Å². The molecule has 0 aliphatic carbocycles. The van der Waals surface area contributed by atoms with Crippen molar-refractivity contribution < 1.29 is 23.5 Å². The number of nitrogens with zero attached hydrogens (tertiary/aromatic N) is 1. The second-order valence-corrected chi connectivity index (χ2v) is 6.21. The molecule has 0 radical (unpaired) electrons. The summed E-state index contributed by atoms with van der Waals surface area (Å²) >= 11 is 0. The van der Waals surface area contributed by atoms with E-state index in [9.17, 15) is 0 Å². The van der Waals surface area contributed by atoms with Crippen LogP contribution in [-0.4, -0.2) is 33.1 Å². The highest BCUT2D eigenvalue weighted by Gasteiger charge is 2.19. The number of ether oxygens (including phenoxy) is 4. The van der Waals surface area contributed by atoms with Crippen LogP contribution in [0.2, 0.25) is 0 Å². The summed E-state index contributed by atoms with van der Waals surface area (Å²) < 4.78 is 27.6. The number of hydrogen-bond acceptors (Lipinski definition) is 6. The SMILES string of the molecule is CCCCOc1ccc(-c2cc(-c3cc(OC)cc(OC)c3OC)on2)cc1. The third-order valence-electron chi connectivity index (χ3n) is 4.38. The Balaban J connectivity index is 1.88. The predicted molar refractivity (Wildman–Crippen MR) is 107 cm³/mol. The van der Waals surface area contributed by atoms with Gasteiger partial charge in [-0.25, -0.2) is 0 Å². The van der Waals surface area contributed by atoms with Gasteiger partial charge in [0.15, 0.2) is 17.3 Å². The van der Waals surface area contributed by atoms with Crippen molar-refractivity contribution in [2.75, 3.05) is 27.9 Å². The Morgan fingerprint density at radius 2 is 1.68 bits per heavy atom. The van der Waals surface area contributed by atoms with E-state index in [1.807, 2.05) is 36.4 Å². The summed E-state index contributed by atoms with van der Waals surface area (Å²) in [4.78, 5) is 0. The lowest BCUT2D eigenvalue weighted by atomic mass is 10.1. The summed E-state index contributed by atoms with van der Waals surface area (Å²) in [5.41, 5.74) is 2.36. The largest absolute Gasteiger partial charge is 0.497 e. The molecule has 3 rings (SSSR count). The number of methoxy groups -OCH3 is 3.